The van der Waals surface area contributed by atoms with Crippen molar-refractivity contribution in [1.29, 1.82) is 0 Å². The molecule has 120 valence electrons. The van der Waals surface area contributed by atoms with Crippen LogP contribution in [0.3, 0.4) is 0 Å². The summed E-state index contributed by atoms with van der Waals surface area (Å²) in [5.74, 6) is 0.116. The number of likely N-dealkylation sites (tertiary alicyclic amines) is 1. The maximum absolute atomic E-state index is 12.7. The molecule has 0 bridgehead atoms. The van der Waals surface area contributed by atoms with Crippen LogP contribution in [0.4, 0.5) is 5.69 Å². The third kappa shape index (κ3) is 3.80. The first kappa shape index (κ1) is 15.8. The third-order valence-electron chi connectivity index (χ3n) is 4.77. The molecule has 1 heterocycles. The van der Waals surface area contributed by atoms with Crippen molar-refractivity contribution >= 4 is 11.6 Å². The molecule has 0 spiro atoms. The second-order valence-corrected chi connectivity index (χ2v) is 6.34. The maximum Gasteiger partial charge on any atom is 0.282 e. The minimum absolute atomic E-state index is 0.000806. The van der Waals surface area contributed by atoms with E-state index in [9.17, 15) is 4.79 Å². The zero-order valence-electron chi connectivity index (χ0n) is 13.7. The van der Waals surface area contributed by atoms with Crippen LogP contribution in [0.5, 0.6) is 0 Å². The predicted molar refractivity (Wildman–Crippen MR) is 94.5 cm³/mol. The van der Waals surface area contributed by atoms with Crippen molar-refractivity contribution in [2.75, 3.05) is 18.4 Å². The van der Waals surface area contributed by atoms with E-state index in [1.807, 2.05) is 43.3 Å². The van der Waals surface area contributed by atoms with Gasteiger partial charge in [0.05, 0.1) is 13.1 Å². The molecule has 3 nitrogen and oxygen atoms in total. The van der Waals surface area contributed by atoms with Gasteiger partial charge in [-0.2, -0.15) is 0 Å². The van der Waals surface area contributed by atoms with Crippen molar-refractivity contribution in [3.05, 3.63) is 54.6 Å². The summed E-state index contributed by atoms with van der Waals surface area (Å²) in [7, 11) is 0. The molecule has 1 saturated heterocycles. The van der Waals surface area contributed by atoms with Crippen molar-refractivity contribution in [3.8, 4) is 11.1 Å². The predicted octanol–water partition coefficient (Wildman–Crippen LogP) is 2.75. The molecule has 0 unspecified atom stereocenters. The number of piperidine rings is 1. The number of rotatable bonds is 4. The number of anilines is 1. The largest absolute Gasteiger partial charge is 0.325 e. The Kier molecular flexibility index (Phi) is 5.09. The molecule has 23 heavy (non-hydrogen) atoms. The number of amides is 1. The number of quaternary nitrogens is 1. The van der Waals surface area contributed by atoms with Crippen LogP contribution in [0.1, 0.15) is 26.2 Å². The summed E-state index contributed by atoms with van der Waals surface area (Å²) in [5, 5.41) is 3.15. The summed E-state index contributed by atoms with van der Waals surface area (Å²) in [5.41, 5.74) is 3.09. The molecule has 3 rings (SSSR count). The van der Waals surface area contributed by atoms with E-state index in [0.717, 1.165) is 29.9 Å². The van der Waals surface area contributed by atoms with E-state index in [-0.39, 0.29) is 11.9 Å². The summed E-state index contributed by atoms with van der Waals surface area (Å²) in [6.07, 6.45) is 3.76. The Morgan fingerprint density at radius 1 is 0.957 bits per heavy atom. The third-order valence-corrected chi connectivity index (χ3v) is 4.77. The highest BCUT2D eigenvalue weighted by atomic mass is 16.2. The van der Waals surface area contributed by atoms with Gasteiger partial charge in [0, 0.05) is 11.3 Å². The van der Waals surface area contributed by atoms with Crippen molar-refractivity contribution in [3.63, 3.8) is 0 Å². The summed E-state index contributed by atoms with van der Waals surface area (Å²) < 4.78 is 0. The fourth-order valence-corrected chi connectivity index (χ4v) is 3.33. The number of hydrogen-bond donors (Lipinski definition) is 2. The van der Waals surface area contributed by atoms with Crippen LogP contribution in [-0.2, 0) is 4.79 Å². The number of carbonyl (C=O) groups excluding carboxylic acids is 1. The zero-order valence-corrected chi connectivity index (χ0v) is 13.7. The standard InChI is InChI=1S/C20H24N2O/c1-16(22-14-8-3-9-15-22)20(23)21-19-13-7-6-12-18(19)17-10-4-2-5-11-17/h2,4-7,10-13,16H,3,8-9,14-15H2,1H3,(H,21,23)/p+1/t16-/m0/s1. The molecule has 2 N–H and O–H groups in total. The molecule has 0 aromatic heterocycles. The minimum Gasteiger partial charge on any atom is -0.325 e. The molecular weight excluding hydrogens is 284 g/mol. The lowest BCUT2D eigenvalue weighted by atomic mass is 10.0. The average Bonchev–Trinajstić information content (AvgIpc) is 2.63. The van der Waals surface area contributed by atoms with Crippen molar-refractivity contribution in [2.45, 2.75) is 32.2 Å². The molecule has 1 amide bonds. The number of benzene rings is 2. The number of para-hydroxylation sites is 1. The Morgan fingerprint density at radius 2 is 1.61 bits per heavy atom. The van der Waals surface area contributed by atoms with Gasteiger partial charge in [-0.3, -0.25) is 4.79 Å². The van der Waals surface area contributed by atoms with Gasteiger partial charge < -0.3 is 10.2 Å². The fraction of sp³-hybridized carbons (Fsp3) is 0.350. The van der Waals surface area contributed by atoms with Gasteiger partial charge in [0.2, 0.25) is 0 Å². The van der Waals surface area contributed by atoms with Crippen molar-refractivity contribution in [1.82, 2.24) is 0 Å². The quantitative estimate of drug-likeness (QED) is 0.894. The lowest BCUT2D eigenvalue weighted by molar-refractivity contribution is -0.918. The summed E-state index contributed by atoms with van der Waals surface area (Å²) in [4.78, 5) is 14.1. The van der Waals surface area contributed by atoms with Gasteiger partial charge in [-0.15, -0.1) is 0 Å². The Morgan fingerprint density at radius 3 is 2.35 bits per heavy atom. The van der Waals surface area contributed by atoms with Crippen LogP contribution in [-0.4, -0.2) is 25.0 Å². The Balaban J connectivity index is 1.76. The normalized spacial score (nSPS) is 16.7. The summed E-state index contributed by atoms with van der Waals surface area (Å²) >= 11 is 0. The van der Waals surface area contributed by atoms with Gasteiger partial charge in [-0.1, -0.05) is 48.5 Å². The average molecular weight is 309 g/mol. The number of nitrogens with one attached hydrogen (secondary N) is 2. The van der Waals surface area contributed by atoms with Gasteiger partial charge in [0.1, 0.15) is 0 Å². The molecule has 1 fully saturated rings. The van der Waals surface area contributed by atoms with Crippen LogP contribution in [0.25, 0.3) is 11.1 Å². The van der Waals surface area contributed by atoms with E-state index in [2.05, 4.69) is 23.5 Å². The molecule has 3 heteroatoms. The van der Waals surface area contributed by atoms with Crippen LogP contribution >= 0.6 is 0 Å². The first-order valence-electron chi connectivity index (χ1n) is 8.55. The van der Waals surface area contributed by atoms with Gasteiger partial charge >= 0.3 is 0 Å². The second-order valence-electron chi connectivity index (χ2n) is 6.34. The molecule has 0 aliphatic carbocycles. The van der Waals surface area contributed by atoms with E-state index in [1.165, 1.54) is 24.2 Å². The number of carbonyl (C=O) groups is 1. The van der Waals surface area contributed by atoms with E-state index in [1.54, 1.807) is 0 Å². The smallest absolute Gasteiger partial charge is 0.282 e. The van der Waals surface area contributed by atoms with E-state index < -0.39 is 0 Å². The van der Waals surface area contributed by atoms with Gasteiger partial charge in [-0.25, -0.2) is 0 Å². The van der Waals surface area contributed by atoms with Crippen LogP contribution in [0.2, 0.25) is 0 Å². The Bertz CT molecular complexity index is 648. The van der Waals surface area contributed by atoms with Crippen LogP contribution < -0.4 is 10.2 Å². The SMILES string of the molecule is C[C@@H](C(=O)Nc1ccccc1-c1ccccc1)[NH+]1CCCCC1. The lowest BCUT2D eigenvalue weighted by Crippen LogP contribution is -3.17. The Hall–Kier alpha value is -2.13. The van der Waals surface area contributed by atoms with E-state index in [4.69, 9.17) is 0 Å². The van der Waals surface area contributed by atoms with Crippen LogP contribution in [0.15, 0.2) is 54.6 Å². The molecule has 0 saturated carbocycles. The topological polar surface area (TPSA) is 33.5 Å². The van der Waals surface area contributed by atoms with Crippen LogP contribution in [0, 0.1) is 0 Å². The van der Waals surface area contributed by atoms with Crippen molar-refractivity contribution in [2.24, 2.45) is 0 Å². The van der Waals surface area contributed by atoms with Crippen molar-refractivity contribution < 1.29 is 9.69 Å². The summed E-state index contributed by atoms with van der Waals surface area (Å²) in [6.45, 7) is 4.25. The lowest BCUT2D eigenvalue weighted by Gasteiger charge is -2.28. The molecule has 0 radical (unpaired) electrons. The van der Waals surface area contributed by atoms with E-state index >= 15 is 0 Å². The minimum atomic E-state index is -0.000806. The summed E-state index contributed by atoms with van der Waals surface area (Å²) in [6, 6.07) is 18.2. The zero-order chi connectivity index (χ0) is 16.1. The molecule has 2 aromatic carbocycles. The molecule has 1 aliphatic heterocycles. The van der Waals surface area contributed by atoms with Gasteiger partial charge in [-0.05, 0) is 37.8 Å². The highest BCUT2D eigenvalue weighted by Crippen LogP contribution is 2.27. The van der Waals surface area contributed by atoms with E-state index in [0.29, 0.717) is 0 Å². The van der Waals surface area contributed by atoms with Gasteiger partial charge in [0.25, 0.3) is 5.91 Å². The van der Waals surface area contributed by atoms with Gasteiger partial charge in [0.15, 0.2) is 6.04 Å². The molecule has 2 aromatic rings. The molecular formula is C20H25N2O+. The number of hydrogen-bond acceptors (Lipinski definition) is 1. The fourth-order valence-electron chi connectivity index (χ4n) is 3.33. The first-order valence-corrected chi connectivity index (χ1v) is 8.55. The maximum atomic E-state index is 12.7. The molecule has 1 atom stereocenters. The first-order chi connectivity index (χ1) is 11.3. The monoisotopic (exact) mass is 309 g/mol. The highest BCUT2D eigenvalue weighted by molar-refractivity contribution is 5.97. The molecule has 1 aliphatic rings. The Labute approximate surface area is 138 Å². The second kappa shape index (κ2) is 7.42. The highest BCUT2D eigenvalue weighted by Gasteiger charge is 2.26.